The van der Waals surface area contributed by atoms with Crippen LogP contribution in [0.4, 0.5) is 4.39 Å². The number of carbonyl (C=O) groups is 1. The number of oxazole rings is 1. The molecule has 1 aliphatic heterocycles. The molecule has 3 aromatic rings. The number of ether oxygens (including phenoxy) is 2. The average Bonchev–Trinajstić information content (AvgIpc) is 3.30. The first-order chi connectivity index (χ1) is 11.7. The minimum atomic E-state index is -0.495. The van der Waals surface area contributed by atoms with Crippen LogP contribution in [0.1, 0.15) is 39.5 Å². The van der Waals surface area contributed by atoms with Crippen molar-refractivity contribution >= 4 is 28.4 Å². The average molecular weight is 348 g/mol. The van der Waals surface area contributed by atoms with E-state index < -0.39 is 11.8 Å². The van der Waals surface area contributed by atoms with Crippen molar-refractivity contribution < 1.29 is 23.1 Å². The van der Waals surface area contributed by atoms with Crippen LogP contribution in [-0.2, 0) is 16.1 Å². The first kappa shape index (κ1) is 15.2. The highest BCUT2D eigenvalue weighted by Gasteiger charge is 2.23. The van der Waals surface area contributed by atoms with E-state index in [0.29, 0.717) is 16.0 Å². The number of aromatic nitrogens is 2. The van der Waals surface area contributed by atoms with Gasteiger partial charge in [0, 0.05) is 12.7 Å². The predicted molar refractivity (Wildman–Crippen MR) is 83.1 cm³/mol. The smallest absolute Gasteiger partial charge is 0.350 e. The second-order valence-electron chi connectivity index (χ2n) is 5.36. The van der Waals surface area contributed by atoms with Gasteiger partial charge in [0.15, 0.2) is 12.2 Å². The molecular weight excluding hydrogens is 335 g/mol. The third kappa shape index (κ3) is 3.02. The van der Waals surface area contributed by atoms with E-state index in [1.165, 1.54) is 35.7 Å². The maximum Gasteiger partial charge on any atom is 0.350 e. The Kier molecular flexibility index (Phi) is 3.99. The third-order valence-electron chi connectivity index (χ3n) is 3.65. The standard InChI is InChI=1S/C16H13FN2O4S/c17-9-3-4-10-12(6-9)23-14(19-10)8-22-16(20)13-7-18-15(24-13)11-2-1-5-21-11/h3-4,6-7,11H,1-2,5,8H2/t11-/m0/s1. The highest BCUT2D eigenvalue weighted by molar-refractivity contribution is 7.13. The van der Waals surface area contributed by atoms with E-state index in [4.69, 9.17) is 13.9 Å². The Morgan fingerprint density at radius 3 is 3.21 bits per heavy atom. The van der Waals surface area contributed by atoms with Gasteiger partial charge in [-0.05, 0) is 25.0 Å². The number of benzene rings is 1. The minimum absolute atomic E-state index is 0.0245. The van der Waals surface area contributed by atoms with Crippen molar-refractivity contribution in [1.82, 2.24) is 9.97 Å². The van der Waals surface area contributed by atoms with Gasteiger partial charge >= 0.3 is 5.97 Å². The normalized spacial score (nSPS) is 17.5. The Bertz CT molecular complexity index is 885. The summed E-state index contributed by atoms with van der Waals surface area (Å²) in [5, 5.41) is 0.789. The summed E-state index contributed by atoms with van der Waals surface area (Å²) in [5.74, 6) is -0.688. The van der Waals surface area contributed by atoms with Crippen LogP contribution in [0, 0.1) is 5.82 Å². The Morgan fingerprint density at radius 2 is 2.38 bits per heavy atom. The monoisotopic (exact) mass is 348 g/mol. The molecule has 8 heteroatoms. The van der Waals surface area contributed by atoms with Crippen molar-refractivity contribution in [2.24, 2.45) is 0 Å². The molecule has 0 unspecified atom stereocenters. The van der Waals surface area contributed by atoms with Gasteiger partial charge < -0.3 is 13.9 Å². The number of hydrogen-bond acceptors (Lipinski definition) is 7. The SMILES string of the molecule is O=C(OCc1nc2ccc(F)cc2o1)c1cnc([C@@H]2CCCO2)s1. The van der Waals surface area contributed by atoms with Crippen molar-refractivity contribution in [3.05, 3.63) is 46.0 Å². The second-order valence-corrected chi connectivity index (χ2v) is 6.42. The van der Waals surface area contributed by atoms with Gasteiger partial charge in [-0.3, -0.25) is 0 Å². The summed E-state index contributed by atoms with van der Waals surface area (Å²) >= 11 is 1.27. The molecule has 6 nitrogen and oxygen atoms in total. The van der Waals surface area contributed by atoms with Crippen LogP contribution in [0.3, 0.4) is 0 Å². The number of rotatable bonds is 4. The summed E-state index contributed by atoms with van der Waals surface area (Å²) < 4.78 is 29.2. The van der Waals surface area contributed by atoms with E-state index >= 15 is 0 Å². The van der Waals surface area contributed by atoms with Gasteiger partial charge in [-0.1, -0.05) is 0 Å². The Labute approximate surface area is 140 Å². The number of hydrogen-bond donors (Lipinski definition) is 0. The fraction of sp³-hybridized carbons (Fsp3) is 0.312. The molecule has 2 aromatic heterocycles. The molecule has 24 heavy (non-hydrogen) atoms. The van der Waals surface area contributed by atoms with Crippen LogP contribution >= 0.6 is 11.3 Å². The first-order valence-electron chi connectivity index (χ1n) is 7.48. The maximum absolute atomic E-state index is 13.1. The lowest BCUT2D eigenvalue weighted by atomic mass is 10.2. The Hall–Kier alpha value is -2.32. The molecule has 124 valence electrons. The first-order valence-corrected chi connectivity index (χ1v) is 8.30. The van der Waals surface area contributed by atoms with Crippen LogP contribution in [0.15, 0.2) is 28.8 Å². The third-order valence-corrected chi connectivity index (χ3v) is 4.72. The van der Waals surface area contributed by atoms with Gasteiger partial charge in [0.1, 0.15) is 27.3 Å². The van der Waals surface area contributed by atoms with Gasteiger partial charge in [0.2, 0.25) is 5.89 Å². The van der Waals surface area contributed by atoms with Crippen LogP contribution in [0.25, 0.3) is 11.1 Å². The molecule has 4 rings (SSSR count). The van der Waals surface area contributed by atoms with Gasteiger partial charge in [-0.25, -0.2) is 19.2 Å². The summed E-state index contributed by atoms with van der Waals surface area (Å²) in [6, 6.07) is 4.05. The summed E-state index contributed by atoms with van der Waals surface area (Å²) in [6.45, 7) is 0.602. The molecule has 0 radical (unpaired) electrons. The zero-order valence-corrected chi connectivity index (χ0v) is 13.3. The van der Waals surface area contributed by atoms with Crippen LogP contribution in [0.2, 0.25) is 0 Å². The molecule has 1 aromatic carbocycles. The van der Waals surface area contributed by atoms with Gasteiger partial charge in [0.25, 0.3) is 0 Å². The molecule has 0 N–H and O–H groups in total. The van der Waals surface area contributed by atoms with Crippen molar-refractivity contribution in [1.29, 1.82) is 0 Å². The Morgan fingerprint density at radius 1 is 1.46 bits per heavy atom. The topological polar surface area (TPSA) is 74.5 Å². The van der Waals surface area contributed by atoms with E-state index in [9.17, 15) is 9.18 Å². The van der Waals surface area contributed by atoms with Crippen molar-refractivity contribution in [2.45, 2.75) is 25.6 Å². The zero-order chi connectivity index (χ0) is 16.5. The minimum Gasteiger partial charge on any atom is -0.451 e. The number of halogens is 1. The van der Waals surface area contributed by atoms with E-state index in [2.05, 4.69) is 9.97 Å². The molecule has 0 bridgehead atoms. The lowest BCUT2D eigenvalue weighted by molar-refractivity contribution is 0.0446. The molecule has 0 aliphatic carbocycles. The summed E-state index contributed by atoms with van der Waals surface area (Å²) in [7, 11) is 0. The molecule has 1 fully saturated rings. The lowest BCUT2D eigenvalue weighted by Gasteiger charge is -2.03. The van der Waals surface area contributed by atoms with Gasteiger partial charge in [-0.15, -0.1) is 11.3 Å². The van der Waals surface area contributed by atoms with Gasteiger partial charge in [0.05, 0.1) is 6.20 Å². The van der Waals surface area contributed by atoms with E-state index in [-0.39, 0.29) is 18.6 Å². The van der Waals surface area contributed by atoms with Crippen molar-refractivity contribution in [2.75, 3.05) is 6.61 Å². The number of esters is 1. The van der Waals surface area contributed by atoms with E-state index in [1.54, 1.807) is 0 Å². The summed E-state index contributed by atoms with van der Waals surface area (Å²) in [6.07, 6.45) is 3.39. The number of carbonyl (C=O) groups excluding carboxylic acids is 1. The molecular formula is C16H13FN2O4S. The van der Waals surface area contributed by atoms with Crippen LogP contribution in [-0.4, -0.2) is 22.5 Å². The van der Waals surface area contributed by atoms with Crippen molar-refractivity contribution in [3.8, 4) is 0 Å². The maximum atomic E-state index is 13.1. The van der Waals surface area contributed by atoms with E-state index in [1.807, 2.05) is 0 Å². The van der Waals surface area contributed by atoms with Crippen molar-refractivity contribution in [3.63, 3.8) is 0 Å². The predicted octanol–water partition coefficient (Wildman–Crippen LogP) is 3.63. The molecule has 1 aliphatic rings. The lowest BCUT2D eigenvalue weighted by Crippen LogP contribution is -2.03. The highest BCUT2D eigenvalue weighted by Crippen LogP contribution is 2.31. The number of thiazole rings is 1. The summed E-state index contributed by atoms with van der Waals surface area (Å²) in [4.78, 5) is 20.9. The fourth-order valence-corrected chi connectivity index (χ4v) is 3.41. The summed E-state index contributed by atoms with van der Waals surface area (Å²) in [5.41, 5.74) is 0.834. The van der Waals surface area contributed by atoms with Crippen LogP contribution in [0.5, 0.6) is 0 Å². The second kappa shape index (κ2) is 6.29. The molecule has 1 saturated heterocycles. The largest absolute Gasteiger partial charge is 0.451 e. The molecule has 1 atom stereocenters. The number of nitrogens with zero attached hydrogens (tertiary/aromatic N) is 2. The molecule has 0 amide bonds. The fourth-order valence-electron chi connectivity index (χ4n) is 2.51. The van der Waals surface area contributed by atoms with Gasteiger partial charge in [-0.2, -0.15) is 0 Å². The Balaban J connectivity index is 1.42. The quantitative estimate of drug-likeness (QED) is 0.670. The van der Waals surface area contributed by atoms with E-state index in [0.717, 1.165) is 24.5 Å². The molecule has 0 spiro atoms. The van der Waals surface area contributed by atoms with Crippen LogP contribution < -0.4 is 0 Å². The number of fused-ring (bicyclic) bond motifs is 1. The highest BCUT2D eigenvalue weighted by atomic mass is 32.1. The zero-order valence-electron chi connectivity index (χ0n) is 12.5. The molecule has 0 saturated carbocycles. The molecule has 3 heterocycles.